The summed E-state index contributed by atoms with van der Waals surface area (Å²) in [7, 11) is 0. The van der Waals surface area contributed by atoms with Gasteiger partial charge in [-0.3, -0.25) is 9.79 Å². The number of benzene rings is 4. The highest BCUT2D eigenvalue weighted by Gasteiger charge is 2.35. The molecule has 2 aliphatic rings. The molecule has 1 atom stereocenters. The van der Waals surface area contributed by atoms with Gasteiger partial charge in [-0.2, -0.15) is 0 Å². The quantitative estimate of drug-likeness (QED) is 0.0353. The number of unbranched alkanes of at least 4 members (excludes halogenated alkanes) is 1. The number of furan rings is 1. The third-order valence-electron chi connectivity index (χ3n) is 14.4. The largest absolute Gasteiger partial charge is 0.511 e. The second-order valence-electron chi connectivity index (χ2n) is 23.2. The lowest BCUT2D eigenvalue weighted by Crippen LogP contribution is -2.42. The molecule has 1 aromatic heterocycles. The van der Waals surface area contributed by atoms with Gasteiger partial charge in [-0.05, 0) is 191 Å². The number of aliphatic hydroxyl groups excluding tert-OH is 1. The number of hydrogen-bond donors (Lipinski definition) is 2. The highest BCUT2D eigenvalue weighted by molar-refractivity contribution is 6.23. The van der Waals surface area contributed by atoms with Gasteiger partial charge in [0.15, 0.2) is 5.78 Å². The summed E-state index contributed by atoms with van der Waals surface area (Å²) in [5, 5.41) is 14.6. The first-order chi connectivity index (χ1) is 52.2. The Morgan fingerprint density at radius 1 is 0.570 bits per heavy atom. The molecule has 0 aliphatic heterocycles. The average molecular weight is 1390 g/mol. The third-order valence-corrected chi connectivity index (χ3v) is 14.4. The number of aryl methyl sites for hydroxylation is 1. The van der Waals surface area contributed by atoms with Gasteiger partial charge in [-0.25, -0.2) is 9.59 Å². The number of rotatable bonds is 19. The Bertz CT molecular complexity index is 5700. The summed E-state index contributed by atoms with van der Waals surface area (Å²) in [6.07, 6.45) is 16.6. The lowest BCUT2D eigenvalue weighted by Gasteiger charge is -2.30. The van der Waals surface area contributed by atoms with Crippen LogP contribution in [0.4, 0.5) is 4.79 Å². The van der Waals surface area contributed by atoms with Crippen molar-refractivity contribution in [2.75, 3.05) is 13.2 Å². The number of carbonyl (C=O) groups is 3. The van der Waals surface area contributed by atoms with Crippen LogP contribution in [0, 0.1) is 280 Å². The van der Waals surface area contributed by atoms with E-state index in [9.17, 15) is 19.5 Å². The van der Waals surface area contributed by atoms with E-state index in [4.69, 9.17) is 45.9 Å². The van der Waals surface area contributed by atoms with E-state index in [2.05, 4.69) is 254 Å². The monoisotopic (exact) mass is 1380 g/mol. The smallest absolute Gasteiger partial charge is 0.407 e. The number of ketones is 1. The summed E-state index contributed by atoms with van der Waals surface area (Å²) in [4.78, 5) is 46.1. The van der Waals surface area contributed by atoms with Crippen molar-refractivity contribution in [2.45, 2.75) is 98.3 Å². The van der Waals surface area contributed by atoms with Crippen LogP contribution in [0.1, 0.15) is 100 Å². The number of ether oxygens (including phenoxy) is 5. The van der Waals surface area contributed by atoms with Crippen molar-refractivity contribution in [1.29, 1.82) is 0 Å². The van der Waals surface area contributed by atoms with Gasteiger partial charge in [-0.1, -0.05) is 76.2 Å². The number of aliphatic hydroxyl groups is 1. The van der Waals surface area contributed by atoms with Gasteiger partial charge in [-0.15, -0.1) is 12.8 Å². The van der Waals surface area contributed by atoms with Crippen LogP contribution in [0.2, 0.25) is 0 Å². The number of aliphatic imine (C=N–C) groups is 1. The highest BCUT2D eigenvalue weighted by Crippen LogP contribution is 2.45. The van der Waals surface area contributed by atoms with Gasteiger partial charge >= 0.3 is 12.1 Å². The Morgan fingerprint density at radius 3 is 1.49 bits per heavy atom. The van der Waals surface area contributed by atoms with Gasteiger partial charge in [0.25, 0.3) is 0 Å². The molecule has 1 amide bonds. The molecule has 0 spiro atoms. The second kappa shape index (κ2) is 44.0. The number of alkyl carbamates (subject to hydrolysis) is 1. The zero-order valence-electron chi connectivity index (χ0n) is 58.6. The molecule has 0 fully saturated rings. The van der Waals surface area contributed by atoms with E-state index in [0.717, 1.165) is 33.2 Å². The zero-order valence-corrected chi connectivity index (χ0v) is 58.6. The number of fused-ring (bicyclic) bond motifs is 4. The summed E-state index contributed by atoms with van der Waals surface area (Å²) in [6, 6.07) is 25.1. The fraction of sp³-hybridized carbons (Fsp3) is 0.200. The van der Waals surface area contributed by atoms with Gasteiger partial charge in [0.1, 0.15) is 72.4 Å². The number of allylic oxidation sites excluding steroid dienone is 2. The van der Waals surface area contributed by atoms with Crippen molar-refractivity contribution in [3.63, 3.8) is 0 Å². The third kappa shape index (κ3) is 27.8. The van der Waals surface area contributed by atoms with Crippen LogP contribution in [0.15, 0.2) is 106 Å². The Morgan fingerprint density at radius 2 is 1.03 bits per heavy atom. The SMILES string of the molecule is C#CC#CC#CC#CC#CC#CC#CC#CC#CC#CC#COc1cc(COc2ccc3c(C)c(COC(=O)[C@H](CCCCN=C(CC(C)C)C4=C(O)CC(C)(C)CC4=O)NC(=O)OCC4c5ccccc5-c5ccccc54)oc3c2)cc(OC#CC#CC#CC#CC#CC#CC#CC#CC#CC#CC#C)c1. The Labute approximate surface area is 626 Å². The first kappa shape index (κ1) is 78.1. The van der Waals surface area contributed by atoms with E-state index in [1.165, 1.54) is 0 Å². The van der Waals surface area contributed by atoms with E-state index >= 15 is 0 Å². The minimum absolute atomic E-state index is 0.00416. The van der Waals surface area contributed by atoms with E-state index in [0.29, 0.717) is 72.6 Å². The number of hydrogen-bond acceptors (Lipinski definition) is 11. The summed E-state index contributed by atoms with van der Waals surface area (Å²) in [6.45, 7) is 9.93. The van der Waals surface area contributed by atoms with Crippen LogP contribution in [-0.4, -0.2) is 47.9 Å². The number of nitrogens with one attached hydrogen (secondary N) is 1. The van der Waals surface area contributed by atoms with Gasteiger partial charge in [0.05, 0.1) is 5.57 Å². The predicted molar refractivity (Wildman–Crippen MR) is 411 cm³/mol. The van der Waals surface area contributed by atoms with Crippen LogP contribution >= 0.6 is 0 Å². The summed E-state index contributed by atoms with van der Waals surface area (Å²) < 4.78 is 35.8. The summed E-state index contributed by atoms with van der Waals surface area (Å²) in [5.41, 5.74) is 6.51. The molecule has 12 nitrogen and oxygen atoms in total. The molecular weight excluding hydrogens is 1330 g/mol. The maximum atomic E-state index is 14.2. The fourth-order valence-electron chi connectivity index (χ4n) is 10.0. The Hall–Kier alpha value is -16.2. The molecular formula is C95H56N2O10. The van der Waals surface area contributed by atoms with Crippen LogP contribution in [0.25, 0.3) is 22.1 Å². The van der Waals surface area contributed by atoms with Gasteiger partial charge in [0, 0.05) is 196 Å². The fourth-order valence-corrected chi connectivity index (χ4v) is 10.0. The number of terminal acetylenes is 2. The number of nitrogens with zero attached hydrogens (tertiary/aromatic N) is 1. The molecule has 2 aliphatic carbocycles. The number of carbonyl (C=O) groups excluding carboxylic acids is 3. The van der Waals surface area contributed by atoms with Crippen LogP contribution in [-0.2, 0) is 32.3 Å². The van der Waals surface area contributed by atoms with Gasteiger partial charge in [0.2, 0.25) is 0 Å². The minimum Gasteiger partial charge on any atom is -0.511 e. The van der Waals surface area contributed by atoms with Crippen LogP contribution < -0.4 is 19.5 Å². The van der Waals surface area contributed by atoms with Crippen molar-refractivity contribution in [3.05, 3.63) is 124 Å². The number of Topliss-reactive ketones (excluding diaryl/α,β-unsaturated/α-hetero) is 1. The maximum absolute atomic E-state index is 14.2. The van der Waals surface area contributed by atoms with E-state index in [1.54, 1.807) is 30.3 Å². The summed E-state index contributed by atoms with van der Waals surface area (Å²) >= 11 is 0. The van der Waals surface area contributed by atoms with E-state index < -0.39 is 18.1 Å². The molecule has 5 aromatic rings. The molecule has 506 valence electrons. The van der Waals surface area contributed by atoms with Crippen molar-refractivity contribution in [1.82, 2.24) is 5.32 Å². The molecule has 12 heteroatoms. The molecule has 0 saturated heterocycles. The predicted octanol–water partition coefficient (Wildman–Crippen LogP) is 11.1. The van der Waals surface area contributed by atoms with Crippen molar-refractivity contribution in [2.24, 2.45) is 16.3 Å². The molecule has 107 heavy (non-hydrogen) atoms. The van der Waals surface area contributed by atoms with Crippen molar-refractivity contribution in [3.8, 4) is 290 Å². The number of amides is 1. The second-order valence-corrected chi connectivity index (χ2v) is 23.2. The molecule has 7 rings (SSSR count). The highest BCUT2D eigenvalue weighted by atomic mass is 16.6. The lowest BCUT2D eigenvalue weighted by atomic mass is 9.75. The Balaban J connectivity index is 1.02. The molecule has 2 N–H and O–H groups in total. The molecule has 4 aromatic carbocycles. The topological polar surface area (TPSA) is 155 Å². The zero-order chi connectivity index (χ0) is 76.0. The Kier molecular flexibility index (Phi) is 32.1. The molecule has 0 bridgehead atoms. The maximum Gasteiger partial charge on any atom is 0.407 e. The van der Waals surface area contributed by atoms with Crippen molar-refractivity contribution < 1.29 is 47.6 Å². The van der Waals surface area contributed by atoms with E-state index in [-0.39, 0.29) is 66.5 Å². The van der Waals surface area contributed by atoms with Crippen LogP contribution in [0.3, 0.4) is 0 Å². The normalized spacial score (nSPS) is 10.7. The standard InChI is InChI=1S/C95H56N2O10/c1-8-10-12-14-16-18-20-22-24-26-28-30-32-34-36-38-40-42-44-52-62-102-78-65-76(66-79(67-78)103-63-53-45-43-41-39-37-35-33-31-29-27-25-23-21-19-17-15-13-11-9-2)71-104-77-59-60-80-75(5)91(107-90(80)68-77)73-105-93(100)86(58-50-51-61-96-87(64-74(3)4)92-88(98)69-95(6,7)70-89(92)99)97-94(101)106-72-85-83-56-48-46-54-81(83)82-55-47-49-57-84(82)85/h1-2,46-49,54-57,59-60,65-68,74,85-86,98H,50-51,58,61,64,69-73H2,3-7H3,(H,97,101)/t86-/m0/s1. The minimum atomic E-state index is -1.11. The lowest BCUT2D eigenvalue weighted by molar-refractivity contribution is -0.148. The molecule has 0 unspecified atom stereocenters. The molecule has 0 radical (unpaired) electrons. The summed E-state index contributed by atoms with van der Waals surface area (Å²) in [5.74, 6) is 100. The van der Waals surface area contributed by atoms with E-state index in [1.807, 2.05) is 89.2 Å². The number of esters is 1. The average Bonchev–Trinajstić information content (AvgIpc) is 1.64. The van der Waals surface area contributed by atoms with Gasteiger partial charge < -0.3 is 38.5 Å². The van der Waals surface area contributed by atoms with Crippen molar-refractivity contribution >= 4 is 34.5 Å². The first-order valence-corrected chi connectivity index (χ1v) is 32.5. The molecule has 1 heterocycles. The van der Waals surface area contributed by atoms with Crippen LogP contribution in [0.5, 0.6) is 17.2 Å². The first-order valence-electron chi connectivity index (χ1n) is 32.5. The molecule has 0 saturated carbocycles.